The fourth-order valence-electron chi connectivity index (χ4n) is 1.10. The maximum atomic E-state index is 12.9. The normalized spacial score (nSPS) is 12.2. The largest absolute Gasteiger partial charge is 0.357 e. The molecule has 2 nitrogen and oxygen atoms in total. The van der Waals surface area contributed by atoms with Crippen molar-refractivity contribution in [1.29, 1.82) is 5.26 Å². The molecule has 1 rings (SSSR count). The van der Waals surface area contributed by atoms with Gasteiger partial charge in [-0.25, -0.2) is 13.2 Å². The molecular weight excluding hydrogens is 243 g/mol. The minimum atomic E-state index is -1.57. The summed E-state index contributed by atoms with van der Waals surface area (Å²) in [4.78, 5) is 0. The van der Waals surface area contributed by atoms with Gasteiger partial charge in [0.1, 0.15) is 0 Å². The summed E-state index contributed by atoms with van der Waals surface area (Å²) in [7, 11) is 0. The fraction of sp³-hybridized carbons (Fsp3) is 0.300. The predicted octanol–water partition coefficient (Wildman–Crippen LogP) is 2.92. The second-order valence-electron chi connectivity index (χ2n) is 2.87. The zero-order valence-corrected chi connectivity index (χ0v) is 8.77. The van der Waals surface area contributed by atoms with Gasteiger partial charge in [-0.3, -0.25) is 0 Å². The van der Waals surface area contributed by atoms with Gasteiger partial charge in [0.05, 0.1) is 12.7 Å². The first kappa shape index (κ1) is 12.8. The Balaban J connectivity index is 2.98. The summed E-state index contributed by atoms with van der Waals surface area (Å²) in [6.07, 6.45) is -1.16. The highest BCUT2D eigenvalue weighted by atomic mass is 35.5. The Labute approximate surface area is 95.2 Å². The summed E-state index contributed by atoms with van der Waals surface area (Å²) in [5.41, 5.74) is -0.0796. The van der Waals surface area contributed by atoms with Gasteiger partial charge in [-0.05, 0) is 12.1 Å². The molecule has 1 unspecified atom stereocenters. The molecule has 0 radical (unpaired) electrons. The number of hydrogen-bond acceptors (Lipinski definition) is 2. The van der Waals surface area contributed by atoms with E-state index in [4.69, 9.17) is 21.6 Å². The molecule has 0 saturated carbocycles. The molecule has 0 aromatic heterocycles. The van der Waals surface area contributed by atoms with Gasteiger partial charge in [-0.15, -0.1) is 11.6 Å². The van der Waals surface area contributed by atoms with E-state index in [-0.39, 0.29) is 18.1 Å². The Morgan fingerprint density at radius 1 is 1.31 bits per heavy atom. The van der Waals surface area contributed by atoms with Crippen LogP contribution in [0.5, 0.6) is 0 Å². The number of alkyl halides is 1. The zero-order valence-electron chi connectivity index (χ0n) is 8.01. The summed E-state index contributed by atoms with van der Waals surface area (Å²) < 4.78 is 43.3. The number of nitriles is 1. The lowest BCUT2D eigenvalue weighted by Crippen LogP contribution is -2.06. The standard InChI is InChI=1S/C10H7ClF3NO/c11-1-2-16-9(5-15)6-3-7(12)10(14)8(13)4-6/h3-4,9H,1-2H2. The van der Waals surface area contributed by atoms with E-state index in [1.807, 2.05) is 0 Å². The molecule has 0 aliphatic rings. The molecule has 86 valence electrons. The van der Waals surface area contributed by atoms with Crippen LogP contribution in [0.25, 0.3) is 0 Å². The highest BCUT2D eigenvalue weighted by Crippen LogP contribution is 2.21. The van der Waals surface area contributed by atoms with Crippen LogP contribution in [0.15, 0.2) is 12.1 Å². The van der Waals surface area contributed by atoms with Gasteiger partial charge in [0, 0.05) is 11.4 Å². The Hall–Kier alpha value is -1.25. The van der Waals surface area contributed by atoms with Gasteiger partial charge in [0.15, 0.2) is 23.6 Å². The number of halogens is 4. The molecule has 0 spiro atoms. The second kappa shape index (κ2) is 5.73. The zero-order chi connectivity index (χ0) is 12.1. The lowest BCUT2D eigenvalue weighted by atomic mass is 10.1. The summed E-state index contributed by atoms with van der Waals surface area (Å²) >= 11 is 5.34. The van der Waals surface area contributed by atoms with Crippen molar-refractivity contribution in [2.75, 3.05) is 12.5 Å². The molecule has 16 heavy (non-hydrogen) atoms. The third-order valence-electron chi connectivity index (χ3n) is 1.79. The van der Waals surface area contributed by atoms with E-state index in [1.54, 1.807) is 6.07 Å². The predicted molar refractivity (Wildman–Crippen MR) is 51.3 cm³/mol. The van der Waals surface area contributed by atoms with E-state index in [2.05, 4.69) is 0 Å². The first-order chi connectivity index (χ1) is 7.60. The molecule has 0 bridgehead atoms. The number of hydrogen-bond donors (Lipinski definition) is 0. The van der Waals surface area contributed by atoms with Crippen LogP contribution < -0.4 is 0 Å². The number of nitrogens with zero attached hydrogens (tertiary/aromatic N) is 1. The highest BCUT2D eigenvalue weighted by molar-refractivity contribution is 6.17. The molecule has 1 aromatic carbocycles. The first-order valence-electron chi connectivity index (χ1n) is 4.31. The van der Waals surface area contributed by atoms with Crippen molar-refractivity contribution >= 4 is 11.6 Å². The first-order valence-corrected chi connectivity index (χ1v) is 4.85. The number of rotatable bonds is 4. The van der Waals surface area contributed by atoms with Gasteiger partial charge < -0.3 is 4.74 Å². The summed E-state index contributed by atoms with van der Waals surface area (Å²) in [6.45, 7) is 0.0559. The van der Waals surface area contributed by atoms with Crippen LogP contribution in [-0.2, 0) is 4.74 Å². The van der Waals surface area contributed by atoms with Crippen molar-refractivity contribution in [1.82, 2.24) is 0 Å². The lowest BCUT2D eigenvalue weighted by molar-refractivity contribution is 0.103. The quantitative estimate of drug-likeness (QED) is 0.607. The molecule has 6 heteroatoms. The Morgan fingerprint density at radius 2 is 1.88 bits per heavy atom. The van der Waals surface area contributed by atoms with E-state index in [0.717, 1.165) is 12.1 Å². The van der Waals surface area contributed by atoms with E-state index < -0.39 is 23.6 Å². The molecule has 1 aromatic rings. The number of ether oxygens (including phenoxy) is 1. The molecule has 0 N–H and O–H groups in total. The minimum Gasteiger partial charge on any atom is -0.357 e. The minimum absolute atomic E-state index is 0.0559. The third kappa shape index (κ3) is 2.87. The average molecular weight is 250 g/mol. The highest BCUT2D eigenvalue weighted by Gasteiger charge is 2.17. The third-order valence-corrected chi connectivity index (χ3v) is 1.94. The Morgan fingerprint density at radius 3 is 2.31 bits per heavy atom. The van der Waals surface area contributed by atoms with Crippen LogP contribution in [0.2, 0.25) is 0 Å². The molecule has 0 aliphatic carbocycles. The SMILES string of the molecule is N#CC(OCCCl)c1cc(F)c(F)c(F)c1. The second-order valence-corrected chi connectivity index (χ2v) is 3.25. The molecule has 1 atom stereocenters. The molecule has 0 saturated heterocycles. The molecular formula is C10H7ClF3NO. The lowest BCUT2D eigenvalue weighted by Gasteiger charge is -2.10. The van der Waals surface area contributed by atoms with Gasteiger partial charge in [0.25, 0.3) is 0 Å². The van der Waals surface area contributed by atoms with Gasteiger partial charge in [-0.2, -0.15) is 5.26 Å². The fourth-order valence-corrected chi connectivity index (χ4v) is 1.19. The molecule has 0 amide bonds. The number of benzene rings is 1. The average Bonchev–Trinajstić information content (AvgIpc) is 2.26. The van der Waals surface area contributed by atoms with Crippen LogP contribution in [-0.4, -0.2) is 12.5 Å². The smallest absolute Gasteiger partial charge is 0.194 e. The van der Waals surface area contributed by atoms with Crippen LogP contribution in [0.3, 0.4) is 0 Å². The van der Waals surface area contributed by atoms with Crippen LogP contribution in [0.1, 0.15) is 11.7 Å². The Bertz CT molecular complexity index is 396. The molecule has 0 fully saturated rings. The van der Waals surface area contributed by atoms with Crippen molar-refractivity contribution < 1.29 is 17.9 Å². The summed E-state index contributed by atoms with van der Waals surface area (Å²) in [5, 5.41) is 8.70. The Kier molecular flexibility index (Phi) is 4.59. The van der Waals surface area contributed by atoms with E-state index >= 15 is 0 Å². The van der Waals surface area contributed by atoms with Crippen LogP contribution in [0.4, 0.5) is 13.2 Å². The monoisotopic (exact) mass is 249 g/mol. The van der Waals surface area contributed by atoms with E-state index in [0.29, 0.717) is 0 Å². The van der Waals surface area contributed by atoms with E-state index in [9.17, 15) is 13.2 Å². The van der Waals surface area contributed by atoms with Crippen LogP contribution >= 0.6 is 11.6 Å². The summed E-state index contributed by atoms with van der Waals surface area (Å²) in [5.74, 6) is -4.14. The maximum absolute atomic E-state index is 12.9. The van der Waals surface area contributed by atoms with Gasteiger partial charge in [-0.1, -0.05) is 0 Å². The van der Waals surface area contributed by atoms with Crippen molar-refractivity contribution in [3.05, 3.63) is 35.1 Å². The van der Waals surface area contributed by atoms with Gasteiger partial charge >= 0.3 is 0 Å². The molecule has 0 heterocycles. The van der Waals surface area contributed by atoms with Crippen molar-refractivity contribution in [2.24, 2.45) is 0 Å². The summed E-state index contributed by atoms with van der Waals surface area (Å²) in [6, 6.07) is 3.14. The topological polar surface area (TPSA) is 33.0 Å². The van der Waals surface area contributed by atoms with Gasteiger partial charge in [0.2, 0.25) is 0 Å². The molecule has 0 aliphatic heterocycles. The van der Waals surface area contributed by atoms with Crippen molar-refractivity contribution in [3.8, 4) is 6.07 Å². The van der Waals surface area contributed by atoms with Crippen molar-refractivity contribution in [2.45, 2.75) is 6.10 Å². The van der Waals surface area contributed by atoms with E-state index in [1.165, 1.54) is 0 Å². The van der Waals surface area contributed by atoms with Crippen LogP contribution in [0, 0.1) is 28.8 Å². The maximum Gasteiger partial charge on any atom is 0.194 e. The van der Waals surface area contributed by atoms with Crippen molar-refractivity contribution in [3.63, 3.8) is 0 Å².